The van der Waals surface area contributed by atoms with Gasteiger partial charge in [-0.2, -0.15) is 18.3 Å². The minimum absolute atomic E-state index is 0.0998. The van der Waals surface area contributed by atoms with Gasteiger partial charge in [0.05, 0.1) is 39.4 Å². The smallest absolute Gasteiger partial charge is 0.435 e. The summed E-state index contributed by atoms with van der Waals surface area (Å²) < 4.78 is 70.6. The summed E-state index contributed by atoms with van der Waals surface area (Å²) in [4.78, 5) is 44.4. The highest BCUT2D eigenvalue weighted by atomic mass is 32.2. The molecule has 274 valence electrons. The second kappa shape index (κ2) is 14.5. The van der Waals surface area contributed by atoms with Crippen LogP contribution in [-0.4, -0.2) is 70.1 Å². The molecule has 2 heterocycles. The zero-order valence-corrected chi connectivity index (χ0v) is 29.3. The van der Waals surface area contributed by atoms with Crippen molar-refractivity contribution in [3.63, 3.8) is 0 Å². The van der Waals surface area contributed by atoms with Gasteiger partial charge in [0.15, 0.2) is 11.7 Å². The number of carbonyl (C=O) groups excluding carboxylic acids is 3. The molecule has 4 aromatic rings. The SMILES string of the molecule is CC[C@@H](C)[C@@H](C(=O)NS(=O)(=O)c1ccc(-n2nc(C(F)(F)F)cc2-c2ccc(C)cc2)cc1)N(C)[N+]([O-])=NOC(C)N1C(=O)c2ccccc2C1=O. The van der Waals surface area contributed by atoms with Crippen molar-refractivity contribution in [3.05, 3.63) is 106 Å². The highest BCUT2D eigenvalue weighted by Crippen LogP contribution is 2.33. The zero-order chi connectivity index (χ0) is 38.1. The number of rotatable bonds is 12. The molecule has 0 spiro atoms. The van der Waals surface area contributed by atoms with E-state index in [1.54, 1.807) is 50.2 Å². The van der Waals surface area contributed by atoms with Crippen molar-refractivity contribution in [3.8, 4) is 16.9 Å². The first-order valence-corrected chi connectivity index (χ1v) is 17.4. The average Bonchev–Trinajstić information content (AvgIpc) is 3.67. The third-order valence-corrected chi connectivity index (χ3v) is 9.92. The molecule has 0 saturated heterocycles. The molecule has 1 aromatic heterocycles. The standard InChI is InChI=1S/C34H34F3N7O7S/c1-6-21(3)30(41(5)44(48)40-51-22(4)42-32(46)26-9-7-8-10-27(26)33(42)47)31(45)39-52(49,50)25-17-15-24(16-18-25)43-28(19-29(38-43)34(35,36)37)23-13-11-20(2)12-14-23/h7-19,21-22,30H,6H2,1-5H3,(H,39,45)/t21-,22?,30+/m1/s1. The molecule has 1 aliphatic rings. The van der Waals surface area contributed by atoms with Crippen LogP contribution in [0.1, 0.15) is 59.2 Å². The van der Waals surface area contributed by atoms with Crippen LogP contribution in [0.4, 0.5) is 13.2 Å². The van der Waals surface area contributed by atoms with Crippen LogP contribution in [0.2, 0.25) is 0 Å². The number of aromatic nitrogens is 2. The number of hydrogen-bond acceptors (Lipinski definition) is 9. The number of alkyl halides is 3. The lowest BCUT2D eigenvalue weighted by Gasteiger charge is -2.27. The Morgan fingerprint density at radius 2 is 1.60 bits per heavy atom. The Bertz CT molecular complexity index is 2100. The number of imide groups is 1. The Labute approximate surface area is 296 Å². The van der Waals surface area contributed by atoms with Crippen LogP contribution < -0.4 is 4.72 Å². The molecule has 1 unspecified atom stereocenters. The highest BCUT2D eigenvalue weighted by Gasteiger charge is 2.41. The van der Waals surface area contributed by atoms with Gasteiger partial charge in [-0.05, 0) is 62.2 Å². The predicted molar refractivity (Wildman–Crippen MR) is 179 cm³/mol. The summed E-state index contributed by atoms with van der Waals surface area (Å²) in [7, 11) is -3.39. The van der Waals surface area contributed by atoms with E-state index in [2.05, 4.69) is 10.4 Å². The number of halogens is 3. The van der Waals surface area contributed by atoms with Crippen molar-refractivity contribution in [2.75, 3.05) is 7.05 Å². The van der Waals surface area contributed by atoms with Gasteiger partial charge in [-0.25, -0.2) is 22.7 Å². The van der Waals surface area contributed by atoms with Gasteiger partial charge in [0.2, 0.25) is 11.5 Å². The normalized spacial score (nSPS) is 15.2. The minimum Gasteiger partial charge on any atom is -0.569 e. The number of nitrogens with one attached hydrogen (secondary N) is 1. The fourth-order valence-electron chi connectivity index (χ4n) is 5.54. The molecule has 14 nitrogen and oxygen atoms in total. The van der Waals surface area contributed by atoms with Gasteiger partial charge in [0, 0.05) is 5.56 Å². The average molecular weight is 742 g/mol. The van der Waals surface area contributed by atoms with Gasteiger partial charge in [-0.1, -0.05) is 62.2 Å². The molecule has 3 amide bonds. The number of aryl methyl sites for hydroxylation is 1. The molecule has 18 heteroatoms. The second-order valence-electron chi connectivity index (χ2n) is 12.1. The summed E-state index contributed by atoms with van der Waals surface area (Å²) in [6.07, 6.45) is -5.73. The first-order valence-electron chi connectivity index (χ1n) is 15.9. The van der Waals surface area contributed by atoms with E-state index in [1.165, 1.54) is 38.2 Å². The molecule has 3 aromatic carbocycles. The lowest BCUT2D eigenvalue weighted by molar-refractivity contribution is -0.712. The summed E-state index contributed by atoms with van der Waals surface area (Å²) in [5.41, 5.74) is 0.747. The number of benzene rings is 3. The lowest BCUT2D eigenvalue weighted by Crippen LogP contribution is -2.52. The minimum atomic E-state index is -4.74. The summed E-state index contributed by atoms with van der Waals surface area (Å²) in [5.74, 6) is -2.99. The Morgan fingerprint density at radius 1 is 1.02 bits per heavy atom. The van der Waals surface area contributed by atoms with Gasteiger partial charge in [0.25, 0.3) is 27.7 Å². The molecule has 0 fully saturated rings. The molecule has 3 atom stereocenters. The summed E-state index contributed by atoms with van der Waals surface area (Å²) in [6, 6.07) is 17.0. The van der Waals surface area contributed by atoms with Crippen LogP contribution in [0.5, 0.6) is 0 Å². The quantitative estimate of drug-likeness (QED) is 0.0857. The molecule has 52 heavy (non-hydrogen) atoms. The Hall–Kier alpha value is -5.78. The largest absolute Gasteiger partial charge is 0.569 e. The first-order chi connectivity index (χ1) is 24.4. The third kappa shape index (κ3) is 7.46. The fourth-order valence-corrected chi connectivity index (χ4v) is 6.54. The van der Waals surface area contributed by atoms with E-state index >= 15 is 0 Å². The molecule has 0 radical (unpaired) electrons. The van der Waals surface area contributed by atoms with E-state index < -0.39 is 62.7 Å². The van der Waals surface area contributed by atoms with E-state index in [9.17, 15) is 41.2 Å². The van der Waals surface area contributed by atoms with E-state index in [4.69, 9.17) is 4.84 Å². The number of nitrogens with zero attached hydrogens (tertiary/aromatic N) is 6. The van der Waals surface area contributed by atoms with Crippen LogP contribution in [-0.2, 0) is 25.8 Å². The van der Waals surface area contributed by atoms with Crippen molar-refractivity contribution < 1.29 is 45.8 Å². The predicted octanol–water partition coefficient (Wildman–Crippen LogP) is 5.47. The van der Waals surface area contributed by atoms with Crippen molar-refractivity contribution in [2.45, 2.75) is 57.5 Å². The zero-order valence-electron chi connectivity index (χ0n) is 28.5. The van der Waals surface area contributed by atoms with Crippen LogP contribution in [0, 0.1) is 18.0 Å². The Balaban J connectivity index is 1.33. The number of carbonyl (C=O) groups is 3. The number of fused-ring (bicyclic) bond motifs is 1. The molecule has 1 N–H and O–H groups in total. The molecule has 5 rings (SSSR count). The topological polar surface area (TPSA) is 169 Å². The number of sulfonamides is 1. The number of amides is 3. The first kappa shape index (κ1) is 37.5. The van der Waals surface area contributed by atoms with Crippen molar-refractivity contribution in [2.24, 2.45) is 11.2 Å². The maximum absolute atomic E-state index is 13.6. The van der Waals surface area contributed by atoms with E-state index in [-0.39, 0.29) is 27.5 Å². The summed E-state index contributed by atoms with van der Waals surface area (Å²) in [5, 5.41) is 20.9. The molecule has 1 aliphatic heterocycles. The maximum Gasteiger partial charge on any atom is 0.435 e. The Kier molecular flexibility index (Phi) is 10.4. The molecule has 0 aliphatic carbocycles. The number of hydrogen-bond donors (Lipinski definition) is 1. The van der Waals surface area contributed by atoms with Crippen LogP contribution in [0.3, 0.4) is 0 Å². The molecular weight excluding hydrogens is 707 g/mol. The van der Waals surface area contributed by atoms with Gasteiger partial charge in [-0.3, -0.25) is 14.4 Å². The van der Waals surface area contributed by atoms with Crippen molar-refractivity contribution in [1.82, 2.24) is 24.4 Å². The van der Waals surface area contributed by atoms with Gasteiger partial charge >= 0.3 is 6.18 Å². The number of hydrazine groups is 1. The monoisotopic (exact) mass is 741 g/mol. The highest BCUT2D eigenvalue weighted by molar-refractivity contribution is 7.90. The fraction of sp³-hybridized carbons (Fsp3) is 0.294. The lowest BCUT2D eigenvalue weighted by atomic mass is 9.98. The summed E-state index contributed by atoms with van der Waals surface area (Å²) >= 11 is 0. The van der Waals surface area contributed by atoms with E-state index in [0.29, 0.717) is 12.0 Å². The van der Waals surface area contributed by atoms with Crippen molar-refractivity contribution >= 4 is 27.7 Å². The molecule has 0 saturated carbocycles. The van der Waals surface area contributed by atoms with Crippen LogP contribution in [0.25, 0.3) is 16.9 Å². The second-order valence-corrected chi connectivity index (χ2v) is 13.8. The van der Waals surface area contributed by atoms with Crippen LogP contribution >= 0.6 is 0 Å². The van der Waals surface area contributed by atoms with E-state index in [1.807, 2.05) is 11.6 Å². The van der Waals surface area contributed by atoms with Gasteiger partial charge < -0.3 is 10.0 Å². The third-order valence-electron chi connectivity index (χ3n) is 8.56. The summed E-state index contributed by atoms with van der Waals surface area (Å²) in [6.45, 7) is 6.46. The molecular formula is C34H34F3N7O7S. The van der Waals surface area contributed by atoms with Crippen molar-refractivity contribution in [1.29, 1.82) is 0 Å². The van der Waals surface area contributed by atoms with Gasteiger partial charge in [-0.15, -0.1) is 5.01 Å². The van der Waals surface area contributed by atoms with E-state index in [0.717, 1.165) is 38.4 Å². The maximum atomic E-state index is 13.6. The number of likely N-dealkylation sites (N-methyl/N-ethyl adjacent to an activating group) is 1. The molecule has 0 bridgehead atoms. The Morgan fingerprint density at radius 3 is 2.13 bits per heavy atom. The van der Waals surface area contributed by atoms with Crippen LogP contribution in [0.15, 0.2) is 89.0 Å². The van der Waals surface area contributed by atoms with Gasteiger partial charge in [0.1, 0.15) is 0 Å².